The van der Waals surface area contributed by atoms with Crippen molar-refractivity contribution in [3.05, 3.63) is 71.1 Å². The number of halogens is 1. The molecule has 0 fully saturated rings. The highest BCUT2D eigenvalue weighted by molar-refractivity contribution is 6.30. The summed E-state index contributed by atoms with van der Waals surface area (Å²) < 4.78 is 5.40. The molecular weight excluding hydrogens is 314 g/mol. The lowest BCUT2D eigenvalue weighted by Gasteiger charge is -2.03. The Labute approximate surface area is 138 Å². The van der Waals surface area contributed by atoms with Gasteiger partial charge in [0.25, 0.3) is 0 Å². The molecule has 1 heterocycles. The maximum absolute atomic E-state index is 12.0. The first-order valence-electron chi connectivity index (χ1n) is 7.14. The molecule has 5 nitrogen and oxygen atoms in total. The van der Waals surface area contributed by atoms with Gasteiger partial charge in [-0.15, -0.1) is 10.2 Å². The van der Waals surface area contributed by atoms with Crippen LogP contribution in [0.25, 0.3) is 11.5 Å². The maximum atomic E-state index is 12.0. The van der Waals surface area contributed by atoms with Gasteiger partial charge in [-0.25, -0.2) is 0 Å². The number of carbonyl (C=O) groups excluding carboxylic acids is 1. The molecule has 2 aromatic carbocycles. The summed E-state index contributed by atoms with van der Waals surface area (Å²) in [7, 11) is 0. The molecule has 116 valence electrons. The van der Waals surface area contributed by atoms with E-state index in [4.69, 9.17) is 16.0 Å². The molecule has 3 aromatic rings. The molecule has 0 atom stereocenters. The van der Waals surface area contributed by atoms with Gasteiger partial charge in [0.2, 0.25) is 5.89 Å². The Balaban J connectivity index is 1.58. The lowest BCUT2D eigenvalue weighted by molar-refractivity contribution is 0.0920. The number of aromatic nitrogens is 2. The summed E-state index contributed by atoms with van der Waals surface area (Å²) in [4.78, 5) is 12.0. The molecule has 1 amide bonds. The van der Waals surface area contributed by atoms with E-state index in [1.54, 1.807) is 0 Å². The fourth-order valence-corrected chi connectivity index (χ4v) is 2.31. The molecule has 3 rings (SSSR count). The quantitative estimate of drug-likeness (QED) is 0.780. The number of rotatable bonds is 5. The standard InChI is InChI=1S/C17H14ClN3O2/c18-14-8-4-5-12(11-14)9-10-19-15(22)17-21-20-16(23-17)13-6-2-1-3-7-13/h1-8,11H,9-10H2,(H,19,22). The smallest absolute Gasteiger partial charge is 0.308 e. The summed E-state index contributed by atoms with van der Waals surface area (Å²) in [6.07, 6.45) is 0.673. The first kappa shape index (κ1) is 15.2. The Morgan fingerprint density at radius 2 is 1.91 bits per heavy atom. The van der Waals surface area contributed by atoms with E-state index in [1.807, 2.05) is 54.6 Å². The van der Waals surface area contributed by atoms with Crippen molar-refractivity contribution in [2.45, 2.75) is 6.42 Å². The second-order valence-electron chi connectivity index (χ2n) is 4.91. The molecule has 23 heavy (non-hydrogen) atoms. The number of hydrogen-bond acceptors (Lipinski definition) is 4. The van der Waals surface area contributed by atoms with Gasteiger partial charge in [0.1, 0.15) is 0 Å². The van der Waals surface area contributed by atoms with Crippen LogP contribution in [-0.4, -0.2) is 22.6 Å². The van der Waals surface area contributed by atoms with Crippen LogP contribution in [0, 0.1) is 0 Å². The van der Waals surface area contributed by atoms with Crippen molar-refractivity contribution in [3.63, 3.8) is 0 Å². The second kappa shape index (κ2) is 7.07. The summed E-state index contributed by atoms with van der Waals surface area (Å²) in [6, 6.07) is 16.8. The predicted molar refractivity (Wildman–Crippen MR) is 87.2 cm³/mol. The zero-order valence-corrected chi connectivity index (χ0v) is 13.0. The molecule has 1 N–H and O–H groups in total. The van der Waals surface area contributed by atoms with E-state index in [-0.39, 0.29) is 11.8 Å². The number of hydrogen-bond donors (Lipinski definition) is 1. The van der Waals surface area contributed by atoms with Gasteiger partial charge in [-0.2, -0.15) is 0 Å². The van der Waals surface area contributed by atoms with Crippen LogP contribution in [0.5, 0.6) is 0 Å². The number of nitrogens with one attached hydrogen (secondary N) is 1. The average Bonchev–Trinajstić information content (AvgIpc) is 3.06. The van der Waals surface area contributed by atoms with E-state index in [0.717, 1.165) is 11.1 Å². The monoisotopic (exact) mass is 327 g/mol. The summed E-state index contributed by atoms with van der Waals surface area (Å²) in [6.45, 7) is 0.461. The van der Waals surface area contributed by atoms with Crippen molar-refractivity contribution in [2.75, 3.05) is 6.54 Å². The summed E-state index contributed by atoms with van der Waals surface area (Å²) >= 11 is 5.92. The Bertz CT molecular complexity index is 802. The molecule has 0 unspecified atom stereocenters. The zero-order chi connectivity index (χ0) is 16.1. The average molecular weight is 328 g/mol. The molecule has 0 saturated carbocycles. The minimum absolute atomic E-state index is 0.0463. The molecule has 0 spiro atoms. The fraction of sp³-hybridized carbons (Fsp3) is 0.118. The third-order valence-corrected chi connectivity index (χ3v) is 3.46. The first-order chi connectivity index (χ1) is 11.2. The minimum atomic E-state index is -0.387. The van der Waals surface area contributed by atoms with Gasteiger partial charge < -0.3 is 9.73 Å². The Morgan fingerprint density at radius 1 is 1.09 bits per heavy atom. The molecule has 0 aliphatic heterocycles. The maximum Gasteiger partial charge on any atom is 0.308 e. The number of carbonyl (C=O) groups is 1. The van der Waals surface area contributed by atoms with Crippen molar-refractivity contribution in [3.8, 4) is 11.5 Å². The van der Waals surface area contributed by atoms with Gasteiger partial charge >= 0.3 is 11.8 Å². The number of nitrogens with zero attached hydrogens (tertiary/aromatic N) is 2. The number of amides is 1. The normalized spacial score (nSPS) is 10.5. The van der Waals surface area contributed by atoms with E-state index in [0.29, 0.717) is 23.9 Å². The largest absolute Gasteiger partial charge is 0.412 e. The lowest BCUT2D eigenvalue weighted by Crippen LogP contribution is -2.26. The van der Waals surface area contributed by atoms with Crippen molar-refractivity contribution in [1.29, 1.82) is 0 Å². The Kier molecular flexibility index (Phi) is 4.68. The van der Waals surface area contributed by atoms with Gasteiger partial charge in [0.05, 0.1) is 0 Å². The number of benzene rings is 2. The van der Waals surface area contributed by atoms with Crippen LogP contribution in [0.15, 0.2) is 59.0 Å². The third kappa shape index (κ3) is 3.96. The van der Waals surface area contributed by atoms with Gasteiger partial charge in [0, 0.05) is 17.1 Å². The van der Waals surface area contributed by atoms with Crippen LogP contribution in [0.2, 0.25) is 5.02 Å². The highest BCUT2D eigenvalue weighted by Gasteiger charge is 2.15. The highest BCUT2D eigenvalue weighted by Crippen LogP contribution is 2.16. The van der Waals surface area contributed by atoms with Crippen molar-refractivity contribution in [2.24, 2.45) is 0 Å². The van der Waals surface area contributed by atoms with Gasteiger partial charge in [-0.1, -0.05) is 41.9 Å². The van der Waals surface area contributed by atoms with Gasteiger partial charge in [-0.3, -0.25) is 4.79 Å². The predicted octanol–water partition coefficient (Wildman–Crippen LogP) is 3.36. The van der Waals surface area contributed by atoms with Crippen LogP contribution in [0.4, 0.5) is 0 Å². The molecular formula is C17H14ClN3O2. The van der Waals surface area contributed by atoms with E-state index >= 15 is 0 Å². The van der Waals surface area contributed by atoms with E-state index in [1.165, 1.54) is 0 Å². The van der Waals surface area contributed by atoms with Gasteiger partial charge in [0.15, 0.2) is 0 Å². The molecule has 0 saturated heterocycles. The van der Waals surface area contributed by atoms with Crippen LogP contribution in [0.1, 0.15) is 16.2 Å². The SMILES string of the molecule is O=C(NCCc1cccc(Cl)c1)c1nnc(-c2ccccc2)o1. The third-order valence-electron chi connectivity index (χ3n) is 3.23. The topological polar surface area (TPSA) is 68.0 Å². The van der Waals surface area contributed by atoms with E-state index in [2.05, 4.69) is 15.5 Å². The van der Waals surface area contributed by atoms with Crippen LogP contribution in [0.3, 0.4) is 0 Å². The van der Waals surface area contributed by atoms with Crippen molar-refractivity contribution < 1.29 is 9.21 Å². The van der Waals surface area contributed by atoms with Gasteiger partial charge in [-0.05, 0) is 36.2 Å². The molecule has 0 bridgehead atoms. The van der Waals surface area contributed by atoms with Crippen molar-refractivity contribution in [1.82, 2.24) is 15.5 Å². The second-order valence-corrected chi connectivity index (χ2v) is 5.35. The summed E-state index contributed by atoms with van der Waals surface area (Å²) in [5, 5.41) is 11.1. The molecule has 0 aliphatic carbocycles. The van der Waals surface area contributed by atoms with E-state index in [9.17, 15) is 4.79 Å². The Morgan fingerprint density at radius 3 is 2.70 bits per heavy atom. The Hall–Kier alpha value is -2.66. The fourth-order valence-electron chi connectivity index (χ4n) is 2.10. The van der Waals surface area contributed by atoms with E-state index < -0.39 is 0 Å². The summed E-state index contributed by atoms with van der Waals surface area (Å²) in [5.74, 6) is -0.109. The van der Waals surface area contributed by atoms with Crippen LogP contribution in [-0.2, 0) is 6.42 Å². The molecule has 1 aromatic heterocycles. The molecule has 0 radical (unpaired) electrons. The lowest BCUT2D eigenvalue weighted by atomic mass is 10.1. The van der Waals surface area contributed by atoms with Crippen LogP contribution < -0.4 is 5.32 Å². The molecule has 6 heteroatoms. The zero-order valence-electron chi connectivity index (χ0n) is 12.2. The first-order valence-corrected chi connectivity index (χ1v) is 7.52. The minimum Gasteiger partial charge on any atom is -0.412 e. The summed E-state index contributed by atoms with van der Waals surface area (Å²) in [5.41, 5.74) is 1.83. The van der Waals surface area contributed by atoms with Crippen LogP contribution >= 0.6 is 11.6 Å². The molecule has 0 aliphatic rings. The highest BCUT2D eigenvalue weighted by atomic mass is 35.5. The van der Waals surface area contributed by atoms with Crippen molar-refractivity contribution >= 4 is 17.5 Å².